The predicted octanol–water partition coefficient (Wildman–Crippen LogP) is 2.24. The summed E-state index contributed by atoms with van der Waals surface area (Å²) >= 11 is 0. The van der Waals surface area contributed by atoms with E-state index in [1.165, 1.54) is 11.1 Å². The van der Waals surface area contributed by atoms with Gasteiger partial charge in [-0.3, -0.25) is 4.99 Å². The topological polar surface area (TPSA) is 74.5 Å². The smallest absolute Gasteiger partial charge is 0.225 e. The maximum atomic E-state index is 4.48. The molecule has 1 N–H and O–H groups in total. The molecule has 0 spiro atoms. The fourth-order valence-corrected chi connectivity index (χ4v) is 3.52. The zero-order chi connectivity index (χ0) is 19.9. The van der Waals surface area contributed by atoms with Crippen LogP contribution in [0, 0.1) is 0 Å². The Bertz CT molecular complexity index is 921. The van der Waals surface area contributed by atoms with Crippen LogP contribution in [0.25, 0.3) is 0 Å². The van der Waals surface area contributed by atoms with Crippen molar-refractivity contribution < 1.29 is 0 Å². The summed E-state index contributed by atoms with van der Waals surface area (Å²) < 4.78 is 2.07. The Morgan fingerprint density at radius 2 is 1.80 bits per heavy atom. The molecule has 9 heteroatoms. The molecule has 1 aliphatic rings. The standard InChI is InChI=1S/C21H26N8.HI/c1-22-20(28-10-12-29(13-11-28)21-24-6-3-7-25-21)26-15-18-4-2-5-19(14-18)16-27-9-8-23-17-27;/h2-9,14,17H,10-13,15-16H2,1H3,(H,22,26);1H. The van der Waals surface area contributed by atoms with Crippen LogP contribution in [-0.2, 0) is 13.1 Å². The Labute approximate surface area is 194 Å². The molecule has 3 heterocycles. The van der Waals surface area contributed by atoms with Gasteiger partial charge in [-0.25, -0.2) is 15.0 Å². The van der Waals surface area contributed by atoms with Gasteiger partial charge in [0.1, 0.15) is 0 Å². The summed E-state index contributed by atoms with van der Waals surface area (Å²) in [6, 6.07) is 10.5. The lowest BCUT2D eigenvalue weighted by molar-refractivity contribution is 0.370. The van der Waals surface area contributed by atoms with Crippen LogP contribution in [-0.4, -0.2) is 63.6 Å². The van der Waals surface area contributed by atoms with E-state index in [4.69, 9.17) is 0 Å². The average molecular weight is 518 g/mol. The molecule has 1 aliphatic heterocycles. The Kier molecular flexibility index (Phi) is 8.00. The maximum Gasteiger partial charge on any atom is 0.225 e. The first kappa shape index (κ1) is 22.0. The van der Waals surface area contributed by atoms with Gasteiger partial charge in [0.15, 0.2) is 5.96 Å². The van der Waals surface area contributed by atoms with Crippen LogP contribution in [0.1, 0.15) is 11.1 Å². The summed E-state index contributed by atoms with van der Waals surface area (Å²) in [4.78, 5) is 21.8. The second-order valence-electron chi connectivity index (χ2n) is 6.98. The number of hydrogen-bond acceptors (Lipinski definition) is 5. The SMILES string of the molecule is CN=C(NCc1cccc(Cn2ccnc2)c1)N1CCN(c2ncccn2)CC1.I. The summed E-state index contributed by atoms with van der Waals surface area (Å²) in [6.45, 7) is 5.10. The number of anilines is 1. The second kappa shape index (κ2) is 10.9. The zero-order valence-electron chi connectivity index (χ0n) is 17.1. The molecule has 3 aromatic rings. The van der Waals surface area contributed by atoms with E-state index in [2.05, 4.69) is 63.9 Å². The minimum atomic E-state index is 0. The molecule has 1 fully saturated rings. The van der Waals surface area contributed by atoms with Gasteiger partial charge in [-0.1, -0.05) is 24.3 Å². The van der Waals surface area contributed by atoms with Gasteiger partial charge in [0.2, 0.25) is 5.95 Å². The molecule has 2 aromatic heterocycles. The third-order valence-electron chi connectivity index (χ3n) is 4.99. The summed E-state index contributed by atoms with van der Waals surface area (Å²) in [5.74, 6) is 1.73. The van der Waals surface area contributed by atoms with Crippen molar-refractivity contribution in [1.82, 2.24) is 29.7 Å². The fourth-order valence-electron chi connectivity index (χ4n) is 3.52. The Balaban J connectivity index is 0.00000256. The van der Waals surface area contributed by atoms with Gasteiger partial charge in [-0.05, 0) is 17.2 Å². The molecule has 0 radical (unpaired) electrons. The largest absolute Gasteiger partial charge is 0.352 e. The van der Waals surface area contributed by atoms with Crippen LogP contribution in [0.15, 0.2) is 66.4 Å². The highest BCUT2D eigenvalue weighted by molar-refractivity contribution is 14.0. The van der Waals surface area contributed by atoms with Gasteiger partial charge in [0, 0.05) is 71.1 Å². The van der Waals surface area contributed by atoms with Gasteiger partial charge in [0.05, 0.1) is 6.33 Å². The number of nitrogens with zero attached hydrogens (tertiary/aromatic N) is 7. The molecule has 0 unspecified atom stereocenters. The minimum absolute atomic E-state index is 0. The van der Waals surface area contributed by atoms with Gasteiger partial charge in [-0.15, -0.1) is 24.0 Å². The third kappa shape index (κ3) is 5.68. The lowest BCUT2D eigenvalue weighted by Crippen LogP contribution is -2.52. The number of halogens is 1. The highest BCUT2D eigenvalue weighted by Gasteiger charge is 2.20. The molecule has 0 atom stereocenters. The first-order chi connectivity index (χ1) is 14.3. The van der Waals surface area contributed by atoms with E-state index in [1.807, 2.05) is 25.6 Å². The number of aliphatic imine (C=N–C) groups is 1. The van der Waals surface area contributed by atoms with Gasteiger partial charge >= 0.3 is 0 Å². The minimum Gasteiger partial charge on any atom is -0.352 e. The molecule has 0 saturated carbocycles. The van der Waals surface area contributed by atoms with E-state index in [-0.39, 0.29) is 24.0 Å². The quantitative estimate of drug-likeness (QED) is 0.318. The van der Waals surface area contributed by atoms with Crippen LogP contribution in [0.2, 0.25) is 0 Å². The third-order valence-corrected chi connectivity index (χ3v) is 4.99. The molecule has 0 bridgehead atoms. The van der Waals surface area contributed by atoms with Gasteiger partial charge < -0.3 is 19.7 Å². The number of imidazole rings is 1. The van der Waals surface area contributed by atoms with E-state index >= 15 is 0 Å². The molecule has 4 rings (SSSR count). The molecule has 1 saturated heterocycles. The lowest BCUT2D eigenvalue weighted by atomic mass is 10.1. The van der Waals surface area contributed by atoms with Crippen molar-refractivity contribution in [1.29, 1.82) is 0 Å². The van der Waals surface area contributed by atoms with Crippen LogP contribution in [0.3, 0.4) is 0 Å². The lowest BCUT2D eigenvalue weighted by Gasteiger charge is -2.36. The summed E-state index contributed by atoms with van der Waals surface area (Å²) in [6.07, 6.45) is 9.20. The number of hydrogen-bond donors (Lipinski definition) is 1. The van der Waals surface area contributed by atoms with E-state index in [9.17, 15) is 0 Å². The highest BCUT2D eigenvalue weighted by atomic mass is 127. The molecule has 30 heavy (non-hydrogen) atoms. The first-order valence-corrected chi connectivity index (χ1v) is 9.83. The molecular formula is C21H27IN8. The number of nitrogens with one attached hydrogen (secondary N) is 1. The first-order valence-electron chi connectivity index (χ1n) is 9.83. The molecule has 0 amide bonds. The fraction of sp³-hybridized carbons (Fsp3) is 0.333. The number of benzene rings is 1. The monoisotopic (exact) mass is 518 g/mol. The van der Waals surface area contributed by atoms with Gasteiger partial charge in [-0.2, -0.15) is 0 Å². The van der Waals surface area contributed by atoms with Crippen LogP contribution < -0.4 is 10.2 Å². The Hall–Kier alpha value is -2.69. The number of piperazine rings is 1. The molecule has 8 nitrogen and oxygen atoms in total. The van der Waals surface area contributed by atoms with Crippen molar-refractivity contribution >= 4 is 35.9 Å². The van der Waals surface area contributed by atoms with E-state index in [1.54, 1.807) is 18.6 Å². The molecule has 158 valence electrons. The number of rotatable bonds is 5. The van der Waals surface area contributed by atoms with Crippen LogP contribution >= 0.6 is 24.0 Å². The van der Waals surface area contributed by atoms with E-state index < -0.39 is 0 Å². The van der Waals surface area contributed by atoms with E-state index in [0.717, 1.165) is 51.2 Å². The molecule has 0 aliphatic carbocycles. The molecule has 1 aromatic carbocycles. The van der Waals surface area contributed by atoms with Crippen LogP contribution in [0.4, 0.5) is 5.95 Å². The highest BCUT2D eigenvalue weighted by Crippen LogP contribution is 2.11. The number of guanidine groups is 1. The van der Waals surface area contributed by atoms with Crippen molar-refractivity contribution in [3.05, 3.63) is 72.6 Å². The van der Waals surface area contributed by atoms with Crippen molar-refractivity contribution in [3.63, 3.8) is 0 Å². The second-order valence-corrected chi connectivity index (χ2v) is 6.98. The summed E-state index contributed by atoms with van der Waals surface area (Å²) in [5.41, 5.74) is 2.49. The summed E-state index contributed by atoms with van der Waals surface area (Å²) in [5, 5.41) is 3.50. The normalized spacial score (nSPS) is 14.4. The zero-order valence-corrected chi connectivity index (χ0v) is 19.4. The average Bonchev–Trinajstić information content (AvgIpc) is 3.29. The summed E-state index contributed by atoms with van der Waals surface area (Å²) in [7, 11) is 1.84. The van der Waals surface area contributed by atoms with Crippen molar-refractivity contribution in [2.24, 2.45) is 4.99 Å². The predicted molar refractivity (Wildman–Crippen MR) is 129 cm³/mol. The van der Waals surface area contributed by atoms with Crippen LogP contribution in [0.5, 0.6) is 0 Å². The van der Waals surface area contributed by atoms with Crippen molar-refractivity contribution in [2.75, 3.05) is 38.1 Å². The maximum absolute atomic E-state index is 4.48. The van der Waals surface area contributed by atoms with Crippen molar-refractivity contribution in [2.45, 2.75) is 13.1 Å². The Morgan fingerprint density at radius 1 is 1.03 bits per heavy atom. The van der Waals surface area contributed by atoms with Crippen molar-refractivity contribution in [3.8, 4) is 0 Å². The number of aromatic nitrogens is 4. The van der Waals surface area contributed by atoms with Gasteiger partial charge in [0.25, 0.3) is 0 Å². The Morgan fingerprint density at radius 3 is 2.50 bits per heavy atom. The molecular weight excluding hydrogens is 491 g/mol. The van der Waals surface area contributed by atoms with E-state index in [0.29, 0.717) is 0 Å².